The van der Waals surface area contributed by atoms with E-state index in [2.05, 4.69) is 12.2 Å². The van der Waals surface area contributed by atoms with Crippen molar-refractivity contribution >= 4 is 5.91 Å². The van der Waals surface area contributed by atoms with Gasteiger partial charge >= 0.3 is 0 Å². The van der Waals surface area contributed by atoms with Crippen LogP contribution >= 0.6 is 0 Å². The van der Waals surface area contributed by atoms with Gasteiger partial charge in [-0.15, -0.1) is 0 Å². The molecule has 1 aromatic rings. The third-order valence-electron chi connectivity index (χ3n) is 2.93. The number of methoxy groups -OCH3 is 1. The standard InChI is InChI=1S/C15H24N2O2/c1-4-5-9-17(2)12-15(18)16-11-13-7-6-8-14(10-13)19-3/h6-8,10H,4-5,9,11-12H2,1-3H3,(H,16,18). The minimum atomic E-state index is 0.0569. The van der Waals surface area contributed by atoms with Crippen molar-refractivity contribution in [2.45, 2.75) is 26.3 Å². The first kappa shape index (κ1) is 15.5. The lowest BCUT2D eigenvalue weighted by Gasteiger charge is -2.15. The second-order valence-corrected chi connectivity index (χ2v) is 4.72. The molecule has 0 atom stereocenters. The van der Waals surface area contributed by atoms with Gasteiger partial charge in [0.1, 0.15) is 5.75 Å². The number of ether oxygens (including phenoxy) is 1. The Morgan fingerprint density at radius 1 is 1.42 bits per heavy atom. The first-order valence-corrected chi connectivity index (χ1v) is 6.74. The third kappa shape index (κ3) is 6.25. The Balaban J connectivity index is 2.33. The summed E-state index contributed by atoms with van der Waals surface area (Å²) < 4.78 is 5.15. The van der Waals surface area contributed by atoms with E-state index in [-0.39, 0.29) is 5.91 Å². The van der Waals surface area contributed by atoms with Crippen LogP contribution in [0.15, 0.2) is 24.3 Å². The molecular weight excluding hydrogens is 240 g/mol. The summed E-state index contributed by atoms with van der Waals surface area (Å²) in [4.78, 5) is 13.8. The molecule has 1 aromatic carbocycles. The lowest BCUT2D eigenvalue weighted by Crippen LogP contribution is -2.35. The fraction of sp³-hybridized carbons (Fsp3) is 0.533. The van der Waals surface area contributed by atoms with Crippen LogP contribution in [0.25, 0.3) is 0 Å². The van der Waals surface area contributed by atoms with Crippen LogP contribution in [-0.2, 0) is 11.3 Å². The number of carbonyl (C=O) groups is 1. The quantitative estimate of drug-likeness (QED) is 0.781. The minimum Gasteiger partial charge on any atom is -0.497 e. The Bertz CT molecular complexity index is 393. The van der Waals surface area contributed by atoms with Gasteiger partial charge in [0, 0.05) is 6.54 Å². The molecule has 0 saturated heterocycles. The molecule has 0 unspecified atom stereocenters. The Morgan fingerprint density at radius 3 is 2.89 bits per heavy atom. The van der Waals surface area contributed by atoms with E-state index >= 15 is 0 Å². The number of hydrogen-bond donors (Lipinski definition) is 1. The van der Waals surface area contributed by atoms with Crippen molar-refractivity contribution in [3.63, 3.8) is 0 Å². The monoisotopic (exact) mass is 264 g/mol. The average molecular weight is 264 g/mol. The number of rotatable bonds is 8. The van der Waals surface area contributed by atoms with Gasteiger partial charge in [0.05, 0.1) is 13.7 Å². The number of carbonyl (C=O) groups excluding carboxylic acids is 1. The Morgan fingerprint density at radius 2 is 2.21 bits per heavy atom. The number of likely N-dealkylation sites (N-methyl/N-ethyl adjacent to an activating group) is 1. The number of benzene rings is 1. The normalized spacial score (nSPS) is 10.5. The molecule has 1 rings (SSSR count). The fourth-order valence-electron chi connectivity index (χ4n) is 1.79. The van der Waals surface area contributed by atoms with Gasteiger partial charge in [-0.25, -0.2) is 0 Å². The van der Waals surface area contributed by atoms with Crippen molar-refractivity contribution in [1.29, 1.82) is 0 Å². The van der Waals surface area contributed by atoms with Gasteiger partial charge in [0.25, 0.3) is 0 Å². The van der Waals surface area contributed by atoms with E-state index in [4.69, 9.17) is 4.74 Å². The van der Waals surface area contributed by atoms with Crippen molar-refractivity contribution in [1.82, 2.24) is 10.2 Å². The minimum absolute atomic E-state index is 0.0569. The summed E-state index contributed by atoms with van der Waals surface area (Å²) in [5.74, 6) is 0.869. The van der Waals surface area contributed by atoms with Gasteiger partial charge in [0.15, 0.2) is 0 Å². The molecule has 0 bridgehead atoms. The lowest BCUT2D eigenvalue weighted by atomic mass is 10.2. The lowest BCUT2D eigenvalue weighted by molar-refractivity contribution is -0.122. The number of hydrogen-bond acceptors (Lipinski definition) is 3. The third-order valence-corrected chi connectivity index (χ3v) is 2.93. The van der Waals surface area contributed by atoms with Crippen LogP contribution in [0.3, 0.4) is 0 Å². The summed E-state index contributed by atoms with van der Waals surface area (Å²) in [5.41, 5.74) is 1.05. The number of unbranched alkanes of at least 4 members (excludes halogenated alkanes) is 1. The summed E-state index contributed by atoms with van der Waals surface area (Å²) in [7, 11) is 3.61. The average Bonchev–Trinajstić information content (AvgIpc) is 2.43. The predicted molar refractivity (Wildman–Crippen MR) is 77.2 cm³/mol. The molecule has 0 aliphatic rings. The fourth-order valence-corrected chi connectivity index (χ4v) is 1.79. The molecule has 0 aliphatic heterocycles. The molecule has 19 heavy (non-hydrogen) atoms. The Kier molecular flexibility index (Phi) is 6.97. The van der Waals surface area contributed by atoms with Crippen molar-refractivity contribution in [3.8, 4) is 5.75 Å². The zero-order valence-electron chi connectivity index (χ0n) is 12.1. The second-order valence-electron chi connectivity index (χ2n) is 4.72. The topological polar surface area (TPSA) is 41.6 Å². The van der Waals surface area contributed by atoms with Gasteiger partial charge in [-0.2, -0.15) is 0 Å². The highest BCUT2D eigenvalue weighted by Gasteiger charge is 2.05. The van der Waals surface area contributed by atoms with Crippen LogP contribution in [0.5, 0.6) is 5.75 Å². The van der Waals surface area contributed by atoms with Gasteiger partial charge in [-0.05, 0) is 37.7 Å². The summed E-state index contributed by atoms with van der Waals surface area (Å²) in [6, 6.07) is 7.72. The van der Waals surface area contributed by atoms with Crippen LogP contribution in [0.4, 0.5) is 0 Å². The number of nitrogens with one attached hydrogen (secondary N) is 1. The van der Waals surface area contributed by atoms with E-state index in [1.54, 1.807) is 7.11 Å². The highest BCUT2D eigenvalue weighted by molar-refractivity contribution is 5.77. The van der Waals surface area contributed by atoms with E-state index in [0.717, 1.165) is 30.7 Å². The number of amides is 1. The molecule has 0 radical (unpaired) electrons. The summed E-state index contributed by atoms with van der Waals surface area (Å²) in [6.07, 6.45) is 2.27. The zero-order chi connectivity index (χ0) is 14.1. The van der Waals surface area contributed by atoms with Crippen molar-refractivity contribution in [2.24, 2.45) is 0 Å². The summed E-state index contributed by atoms with van der Waals surface area (Å²) in [5, 5.41) is 2.92. The molecule has 0 heterocycles. The molecule has 106 valence electrons. The smallest absolute Gasteiger partial charge is 0.234 e. The zero-order valence-corrected chi connectivity index (χ0v) is 12.1. The predicted octanol–water partition coefficient (Wildman–Crippen LogP) is 2.04. The highest BCUT2D eigenvalue weighted by atomic mass is 16.5. The molecule has 0 aliphatic carbocycles. The molecule has 1 amide bonds. The molecular formula is C15H24N2O2. The van der Waals surface area contributed by atoms with Crippen LogP contribution in [0.1, 0.15) is 25.3 Å². The highest BCUT2D eigenvalue weighted by Crippen LogP contribution is 2.11. The molecule has 0 saturated carbocycles. The Labute approximate surface area is 115 Å². The van der Waals surface area contributed by atoms with Gasteiger partial charge < -0.3 is 10.1 Å². The van der Waals surface area contributed by atoms with E-state index in [1.807, 2.05) is 36.2 Å². The molecule has 1 N–H and O–H groups in total. The maximum Gasteiger partial charge on any atom is 0.234 e. The molecule has 4 heteroatoms. The second kappa shape index (κ2) is 8.53. The SMILES string of the molecule is CCCCN(C)CC(=O)NCc1cccc(OC)c1. The van der Waals surface area contributed by atoms with E-state index in [9.17, 15) is 4.79 Å². The van der Waals surface area contributed by atoms with Crippen molar-refractivity contribution in [2.75, 3.05) is 27.2 Å². The largest absolute Gasteiger partial charge is 0.497 e. The van der Waals surface area contributed by atoms with E-state index in [1.165, 1.54) is 0 Å². The summed E-state index contributed by atoms with van der Waals surface area (Å²) in [6.45, 7) is 4.10. The van der Waals surface area contributed by atoms with E-state index < -0.39 is 0 Å². The Hall–Kier alpha value is -1.55. The molecule has 0 spiro atoms. The number of nitrogens with zero attached hydrogens (tertiary/aromatic N) is 1. The van der Waals surface area contributed by atoms with E-state index in [0.29, 0.717) is 13.1 Å². The maximum atomic E-state index is 11.8. The van der Waals surface area contributed by atoms with Crippen LogP contribution in [-0.4, -0.2) is 38.1 Å². The van der Waals surface area contributed by atoms with Gasteiger partial charge in [-0.1, -0.05) is 25.5 Å². The first-order valence-electron chi connectivity index (χ1n) is 6.74. The maximum absolute atomic E-state index is 11.8. The van der Waals surface area contributed by atoms with Crippen LogP contribution < -0.4 is 10.1 Å². The van der Waals surface area contributed by atoms with Gasteiger partial charge in [-0.3, -0.25) is 9.69 Å². The molecule has 4 nitrogen and oxygen atoms in total. The summed E-state index contributed by atoms with van der Waals surface area (Å²) >= 11 is 0. The van der Waals surface area contributed by atoms with Crippen molar-refractivity contribution in [3.05, 3.63) is 29.8 Å². The van der Waals surface area contributed by atoms with Gasteiger partial charge in [0.2, 0.25) is 5.91 Å². The van der Waals surface area contributed by atoms with Crippen molar-refractivity contribution < 1.29 is 9.53 Å². The van der Waals surface area contributed by atoms with Crippen LogP contribution in [0.2, 0.25) is 0 Å². The first-order chi connectivity index (χ1) is 9.15. The van der Waals surface area contributed by atoms with Crippen LogP contribution in [0, 0.1) is 0 Å². The molecule has 0 aromatic heterocycles. The molecule has 0 fully saturated rings.